The standard InChI is InChI=1S/C28H26N2O3/c1-2-12-23(22-15-8-4-9-16-22)20-26(31)30-25(19-21-13-6-3-7-14-21)27(32)29(28(30)33)24-17-10-5-11-18-24/h2-11,13-18,23,25H,1,12,19-20H2/t23?,25-/m0/s1. The molecule has 1 heterocycles. The van der Waals surface area contributed by atoms with E-state index in [0.717, 1.165) is 20.9 Å². The number of amides is 4. The average molecular weight is 439 g/mol. The zero-order valence-electron chi connectivity index (χ0n) is 18.3. The average Bonchev–Trinajstić information content (AvgIpc) is 3.09. The number of hydrogen-bond acceptors (Lipinski definition) is 3. The van der Waals surface area contributed by atoms with Gasteiger partial charge in [-0.2, -0.15) is 0 Å². The van der Waals surface area contributed by atoms with Crippen molar-refractivity contribution in [3.05, 3.63) is 115 Å². The second kappa shape index (κ2) is 10.1. The quantitative estimate of drug-likeness (QED) is 0.352. The fourth-order valence-electron chi connectivity index (χ4n) is 4.28. The van der Waals surface area contributed by atoms with Crippen molar-refractivity contribution in [2.24, 2.45) is 0 Å². The molecule has 5 nitrogen and oxygen atoms in total. The first-order valence-electron chi connectivity index (χ1n) is 11.0. The number of hydrogen-bond donors (Lipinski definition) is 0. The predicted octanol–water partition coefficient (Wildman–Crippen LogP) is 5.34. The van der Waals surface area contributed by atoms with Crippen molar-refractivity contribution in [2.45, 2.75) is 31.2 Å². The number of imide groups is 2. The van der Waals surface area contributed by atoms with Crippen molar-refractivity contribution >= 4 is 23.5 Å². The van der Waals surface area contributed by atoms with Crippen LogP contribution in [0.4, 0.5) is 10.5 Å². The van der Waals surface area contributed by atoms with Crippen LogP contribution in [0.1, 0.15) is 29.9 Å². The fourth-order valence-corrected chi connectivity index (χ4v) is 4.28. The second-order valence-electron chi connectivity index (χ2n) is 8.10. The Hall–Kier alpha value is -3.99. The van der Waals surface area contributed by atoms with Gasteiger partial charge in [0.25, 0.3) is 5.91 Å². The van der Waals surface area contributed by atoms with Gasteiger partial charge in [-0.25, -0.2) is 9.69 Å². The molecule has 0 saturated carbocycles. The number of urea groups is 1. The van der Waals surface area contributed by atoms with Crippen LogP contribution in [0.5, 0.6) is 0 Å². The van der Waals surface area contributed by atoms with Crippen LogP contribution in [0.3, 0.4) is 0 Å². The minimum Gasteiger partial charge on any atom is -0.274 e. The fraction of sp³-hybridized carbons (Fsp3) is 0.179. The summed E-state index contributed by atoms with van der Waals surface area (Å²) in [6.07, 6.45) is 2.76. The normalized spacial score (nSPS) is 16.7. The summed E-state index contributed by atoms with van der Waals surface area (Å²) in [6.45, 7) is 3.83. The molecular formula is C28H26N2O3. The second-order valence-corrected chi connectivity index (χ2v) is 8.10. The highest BCUT2D eigenvalue weighted by Crippen LogP contribution is 2.31. The van der Waals surface area contributed by atoms with Crippen LogP contribution in [0.15, 0.2) is 104 Å². The number of nitrogens with zero attached hydrogens (tertiary/aromatic N) is 2. The van der Waals surface area contributed by atoms with Crippen LogP contribution < -0.4 is 4.90 Å². The molecule has 0 spiro atoms. The van der Waals surface area contributed by atoms with E-state index in [9.17, 15) is 14.4 Å². The first kappa shape index (κ1) is 22.2. The Morgan fingerprint density at radius 1 is 0.879 bits per heavy atom. The van der Waals surface area contributed by atoms with Crippen LogP contribution in [0.25, 0.3) is 0 Å². The monoisotopic (exact) mass is 438 g/mol. The van der Waals surface area contributed by atoms with Crippen LogP contribution >= 0.6 is 0 Å². The van der Waals surface area contributed by atoms with Gasteiger partial charge in [-0.1, -0.05) is 84.9 Å². The summed E-state index contributed by atoms with van der Waals surface area (Å²) < 4.78 is 0. The minimum atomic E-state index is -0.882. The van der Waals surface area contributed by atoms with Gasteiger partial charge in [0.1, 0.15) is 6.04 Å². The van der Waals surface area contributed by atoms with E-state index in [1.807, 2.05) is 66.7 Å². The van der Waals surface area contributed by atoms with E-state index >= 15 is 0 Å². The van der Waals surface area contributed by atoms with Gasteiger partial charge in [0.05, 0.1) is 5.69 Å². The number of carbonyl (C=O) groups excluding carboxylic acids is 3. The molecule has 33 heavy (non-hydrogen) atoms. The number of carbonyl (C=O) groups is 3. The van der Waals surface area contributed by atoms with E-state index in [4.69, 9.17) is 0 Å². The zero-order chi connectivity index (χ0) is 23.2. The number of rotatable bonds is 8. The Kier molecular flexibility index (Phi) is 6.79. The third-order valence-corrected chi connectivity index (χ3v) is 5.91. The van der Waals surface area contributed by atoms with Gasteiger partial charge in [-0.3, -0.25) is 14.5 Å². The third kappa shape index (κ3) is 4.77. The molecular weight excluding hydrogens is 412 g/mol. The lowest BCUT2D eigenvalue weighted by molar-refractivity contribution is -0.133. The summed E-state index contributed by atoms with van der Waals surface area (Å²) in [5.41, 5.74) is 2.36. The van der Waals surface area contributed by atoms with Gasteiger partial charge >= 0.3 is 6.03 Å². The maximum absolute atomic E-state index is 13.5. The molecule has 0 aliphatic carbocycles. The van der Waals surface area contributed by atoms with Crippen LogP contribution in [-0.4, -0.2) is 28.8 Å². The SMILES string of the molecule is C=CCC(CC(=O)N1C(=O)N(c2ccccc2)C(=O)[C@@H]1Cc1ccccc1)c1ccccc1. The van der Waals surface area contributed by atoms with Crippen LogP contribution in [0, 0.1) is 0 Å². The molecule has 4 rings (SSSR count). The summed E-state index contributed by atoms with van der Waals surface area (Å²) >= 11 is 0. The van der Waals surface area contributed by atoms with Gasteiger partial charge in [0.15, 0.2) is 0 Å². The van der Waals surface area contributed by atoms with Gasteiger partial charge < -0.3 is 0 Å². The van der Waals surface area contributed by atoms with Gasteiger partial charge in [-0.05, 0) is 35.6 Å². The molecule has 0 N–H and O–H groups in total. The Bertz CT molecular complexity index is 1130. The van der Waals surface area contributed by atoms with E-state index in [0.29, 0.717) is 12.1 Å². The Morgan fingerprint density at radius 3 is 2.06 bits per heavy atom. The third-order valence-electron chi connectivity index (χ3n) is 5.91. The van der Waals surface area contributed by atoms with Crippen molar-refractivity contribution in [2.75, 3.05) is 4.90 Å². The van der Waals surface area contributed by atoms with E-state index in [-0.39, 0.29) is 30.6 Å². The highest BCUT2D eigenvalue weighted by molar-refractivity contribution is 6.25. The topological polar surface area (TPSA) is 57.7 Å². The molecule has 3 aromatic carbocycles. The maximum atomic E-state index is 13.5. The van der Waals surface area contributed by atoms with Gasteiger partial charge in [0.2, 0.25) is 5.91 Å². The van der Waals surface area contributed by atoms with Crippen molar-refractivity contribution in [1.82, 2.24) is 4.90 Å². The smallest absolute Gasteiger partial charge is 0.274 e. The first-order chi connectivity index (χ1) is 16.1. The van der Waals surface area contributed by atoms with Crippen molar-refractivity contribution < 1.29 is 14.4 Å². The number of benzene rings is 3. The van der Waals surface area contributed by atoms with E-state index < -0.39 is 12.1 Å². The highest BCUT2D eigenvalue weighted by atomic mass is 16.2. The molecule has 1 saturated heterocycles. The Balaban J connectivity index is 1.66. The molecule has 0 bridgehead atoms. The molecule has 166 valence electrons. The molecule has 0 aromatic heterocycles. The predicted molar refractivity (Wildman–Crippen MR) is 129 cm³/mol. The van der Waals surface area contributed by atoms with Crippen molar-refractivity contribution in [3.8, 4) is 0 Å². The summed E-state index contributed by atoms with van der Waals surface area (Å²) in [4.78, 5) is 42.6. The molecule has 4 amide bonds. The number of para-hydroxylation sites is 1. The molecule has 0 radical (unpaired) electrons. The molecule has 2 atom stereocenters. The maximum Gasteiger partial charge on any atom is 0.338 e. The molecule has 1 unspecified atom stereocenters. The molecule has 1 aliphatic heterocycles. The summed E-state index contributed by atoms with van der Waals surface area (Å²) in [5, 5.41) is 0. The minimum absolute atomic E-state index is 0.114. The summed E-state index contributed by atoms with van der Waals surface area (Å²) in [5.74, 6) is -0.867. The van der Waals surface area contributed by atoms with E-state index in [2.05, 4.69) is 6.58 Å². The Morgan fingerprint density at radius 2 is 1.45 bits per heavy atom. The first-order valence-corrected chi connectivity index (χ1v) is 11.0. The lowest BCUT2D eigenvalue weighted by Crippen LogP contribution is -2.42. The molecule has 1 fully saturated rings. The van der Waals surface area contributed by atoms with Crippen molar-refractivity contribution in [1.29, 1.82) is 0 Å². The lowest BCUT2D eigenvalue weighted by Gasteiger charge is -2.23. The van der Waals surface area contributed by atoms with E-state index in [1.165, 1.54) is 0 Å². The van der Waals surface area contributed by atoms with Crippen LogP contribution in [-0.2, 0) is 16.0 Å². The van der Waals surface area contributed by atoms with Gasteiger partial charge in [-0.15, -0.1) is 6.58 Å². The van der Waals surface area contributed by atoms with E-state index in [1.54, 1.807) is 30.3 Å². The number of allylic oxidation sites excluding steroid dienone is 1. The zero-order valence-corrected chi connectivity index (χ0v) is 18.3. The van der Waals surface area contributed by atoms with Crippen molar-refractivity contribution in [3.63, 3.8) is 0 Å². The van der Waals surface area contributed by atoms with Crippen LogP contribution in [0.2, 0.25) is 0 Å². The lowest BCUT2D eigenvalue weighted by atomic mass is 9.91. The highest BCUT2D eigenvalue weighted by Gasteiger charge is 2.49. The Labute approximate surface area is 194 Å². The summed E-state index contributed by atoms with van der Waals surface area (Å²) in [6, 6.07) is 26.4. The largest absolute Gasteiger partial charge is 0.338 e. The number of anilines is 1. The molecule has 3 aromatic rings. The van der Waals surface area contributed by atoms with Gasteiger partial charge in [0, 0.05) is 12.8 Å². The molecule has 1 aliphatic rings. The molecule has 5 heteroatoms. The summed E-state index contributed by atoms with van der Waals surface area (Å²) in [7, 11) is 0.